The van der Waals surface area contributed by atoms with E-state index in [0.29, 0.717) is 28.6 Å². The van der Waals surface area contributed by atoms with E-state index in [9.17, 15) is 4.79 Å². The van der Waals surface area contributed by atoms with Crippen LogP contribution in [0.25, 0.3) is 0 Å². The highest BCUT2D eigenvalue weighted by atomic mass is 16.5. The molecule has 0 atom stereocenters. The van der Waals surface area contributed by atoms with Gasteiger partial charge in [0.25, 0.3) is 5.91 Å². The van der Waals surface area contributed by atoms with Crippen molar-refractivity contribution in [2.75, 3.05) is 25.3 Å². The highest BCUT2D eigenvalue weighted by Crippen LogP contribution is 2.33. The van der Waals surface area contributed by atoms with E-state index in [1.807, 2.05) is 0 Å². The van der Waals surface area contributed by atoms with E-state index in [4.69, 9.17) is 20.9 Å². The van der Waals surface area contributed by atoms with Gasteiger partial charge in [-0.05, 0) is 24.3 Å². The molecule has 21 heavy (non-hydrogen) atoms. The van der Waals surface area contributed by atoms with E-state index in [1.165, 1.54) is 0 Å². The second kappa shape index (κ2) is 6.04. The number of methoxy groups -OCH3 is 2. The number of para-hydroxylation sites is 1. The molecule has 6 nitrogen and oxygen atoms in total. The van der Waals surface area contributed by atoms with Crippen LogP contribution in [-0.2, 0) is 0 Å². The van der Waals surface area contributed by atoms with E-state index < -0.39 is 5.91 Å². The van der Waals surface area contributed by atoms with Crippen LogP contribution in [0.1, 0.15) is 10.4 Å². The number of nitrogens with one attached hydrogen (secondary N) is 1. The maximum atomic E-state index is 11.3. The van der Waals surface area contributed by atoms with Crippen molar-refractivity contribution in [2.24, 2.45) is 5.73 Å². The lowest BCUT2D eigenvalue weighted by atomic mass is 10.1. The van der Waals surface area contributed by atoms with Gasteiger partial charge >= 0.3 is 0 Å². The van der Waals surface area contributed by atoms with E-state index >= 15 is 0 Å². The molecule has 1 amide bonds. The first-order valence-corrected chi connectivity index (χ1v) is 6.24. The van der Waals surface area contributed by atoms with Gasteiger partial charge in [-0.15, -0.1) is 0 Å². The third kappa shape index (κ3) is 3.00. The third-order valence-electron chi connectivity index (χ3n) is 3.05. The summed E-state index contributed by atoms with van der Waals surface area (Å²) in [5, 5.41) is 3.12. The van der Waals surface area contributed by atoms with Crippen molar-refractivity contribution in [3.05, 3.63) is 42.0 Å². The highest BCUT2D eigenvalue weighted by Gasteiger charge is 2.11. The molecule has 0 aliphatic heterocycles. The van der Waals surface area contributed by atoms with Crippen LogP contribution in [0.15, 0.2) is 36.4 Å². The Labute approximate surface area is 122 Å². The number of amides is 1. The normalized spacial score (nSPS) is 10.0. The number of ether oxygens (including phenoxy) is 2. The molecule has 0 bridgehead atoms. The van der Waals surface area contributed by atoms with Crippen LogP contribution in [0.5, 0.6) is 11.5 Å². The van der Waals surface area contributed by atoms with Gasteiger partial charge in [0.15, 0.2) is 0 Å². The van der Waals surface area contributed by atoms with Gasteiger partial charge in [0.1, 0.15) is 11.5 Å². The maximum absolute atomic E-state index is 11.3. The summed E-state index contributed by atoms with van der Waals surface area (Å²) in [5.74, 6) is 0.701. The fourth-order valence-corrected chi connectivity index (χ4v) is 1.94. The van der Waals surface area contributed by atoms with Gasteiger partial charge in [-0.1, -0.05) is 6.07 Å². The second-order valence-corrected chi connectivity index (χ2v) is 4.32. The Balaban J connectivity index is 2.38. The fourth-order valence-electron chi connectivity index (χ4n) is 1.94. The number of benzene rings is 2. The zero-order chi connectivity index (χ0) is 15.4. The number of rotatable bonds is 5. The molecule has 0 spiro atoms. The first kappa shape index (κ1) is 14.5. The van der Waals surface area contributed by atoms with Crippen LogP contribution in [0.4, 0.5) is 17.1 Å². The molecule has 0 radical (unpaired) electrons. The standard InChI is InChI=1S/C15H17N3O3/c1-20-9-6-7-11(13(8-9)21-2)18-12-5-3-4-10(14(12)16)15(17)19/h3-8,18H,16H2,1-2H3,(H2,17,19). The molecule has 110 valence electrons. The summed E-state index contributed by atoms with van der Waals surface area (Å²) in [7, 11) is 3.14. The average molecular weight is 287 g/mol. The van der Waals surface area contributed by atoms with Crippen molar-refractivity contribution in [1.29, 1.82) is 0 Å². The van der Waals surface area contributed by atoms with Crippen molar-refractivity contribution in [1.82, 2.24) is 0 Å². The first-order valence-electron chi connectivity index (χ1n) is 6.24. The summed E-state index contributed by atoms with van der Waals surface area (Å²) in [5.41, 5.74) is 13.1. The number of hydrogen-bond donors (Lipinski definition) is 3. The lowest BCUT2D eigenvalue weighted by molar-refractivity contribution is 0.100. The molecule has 0 unspecified atom stereocenters. The predicted octanol–water partition coefficient (Wildman–Crippen LogP) is 2.13. The summed E-state index contributed by atoms with van der Waals surface area (Å²) in [6, 6.07) is 10.4. The summed E-state index contributed by atoms with van der Waals surface area (Å²) in [6.07, 6.45) is 0. The van der Waals surface area contributed by atoms with Gasteiger partial charge < -0.3 is 26.3 Å². The van der Waals surface area contributed by atoms with Crippen LogP contribution in [0.3, 0.4) is 0 Å². The SMILES string of the molecule is COc1ccc(Nc2cccc(C(N)=O)c2N)c(OC)c1. The number of hydrogen-bond acceptors (Lipinski definition) is 5. The molecule has 5 N–H and O–H groups in total. The van der Waals surface area contributed by atoms with Gasteiger partial charge in [0, 0.05) is 6.07 Å². The molecule has 6 heteroatoms. The smallest absolute Gasteiger partial charge is 0.250 e. The maximum Gasteiger partial charge on any atom is 0.250 e. The van der Waals surface area contributed by atoms with Crippen LogP contribution in [-0.4, -0.2) is 20.1 Å². The Kier molecular flexibility index (Phi) is 4.18. The number of carbonyl (C=O) groups is 1. The second-order valence-electron chi connectivity index (χ2n) is 4.32. The largest absolute Gasteiger partial charge is 0.497 e. The van der Waals surface area contributed by atoms with Gasteiger partial charge in [-0.2, -0.15) is 0 Å². The average Bonchev–Trinajstić information content (AvgIpc) is 2.49. The Morgan fingerprint density at radius 1 is 1.10 bits per heavy atom. The van der Waals surface area contributed by atoms with E-state index in [2.05, 4.69) is 5.32 Å². The van der Waals surface area contributed by atoms with Gasteiger partial charge in [0.2, 0.25) is 0 Å². The Hall–Kier alpha value is -2.89. The van der Waals surface area contributed by atoms with Crippen molar-refractivity contribution in [3.8, 4) is 11.5 Å². The molecule has 2 rings (SSSR count). The molecule has 2 aromatic carbocycles. The summed E-state index contributed by atoms with van der Waals surface area (Å²) in [4.78, 5) is 11.3. The van der Waals surface area contributed by atoms with Crippen molar-refractivity contribution in [3.63, 3.8) is 0 Å². The zero-order valence-corrected chi connectivity index (χ0v) is 11.8. The minimum atomic E-state index is -0.571. The molecule has 0 aliphatic carbocycles. The number of nitrogens with two attached hydrogens (primary N) is 2. The van der Waals surface area contributed by atoms with Crippen LogP contribution >= 0.6 is 0 Å². The summed E-state index contributed by atoms with van der Waals surface area (Å²) < 4.78 is 10.4. The van der Waals surface area contributed by atoms with Crippen LogP contribution in [0, 0.1) is 0 Å². The Morgan fingerprint density at radius 3 is 2.48 bits per heavy atom. The summed E-state index contributed by atoms with van der Waals surface area (Å²) >= 11 is 0. The van der Waals surface area contributed by atoms with Crippen molar-refractivity contribution >= 4 is 23.0 Å². The number of nitrogen functional groups attached to an aromatic ring is 1. The topological polar surface area (TPSA) is 99.6 Å². The van der Waals surface area contributed by atoms with E-state index in [-0.39, 0.29) is 5.56 Å². The van der Waals surface area contributed by atoms with E-state index in [1.54, 1.807) is 50.6 Å². The molecular weight excluding hydrogens is 270 g/mol. The molecule has 2 aromatic rings. The minimum absolute atomic E-state index is 0.271. The molecule has 0 fully saturated rings. The third-order valence-corrected chi connectivity index (χ3v) is 3.05. The fraction of sp³-hybridized carbons (Fsp3) is 0.133. The van der Waals surface area contributed by atoms with Gasteiger partial charge in [-0.3, -0.25) is 4.79 Å². The molecular formula is C15H17N3O3. The monoisotopic (exact) mass is 287 g/mol. The Morgan fingerprint density at radius 2 is 1.86 bits per heavy atom. The first-order chi connectivity index (χ1) is 10.1. The van der Waals surface area contributed by atoms with Crippen molar-refractivity contribution in [2.45, 2.75) is 0 Å². The molecule has 0 aromatic heterocycles. The van der Waals surface area contributed by atoms with Gasteiger partial charge in [0.05, 0.1) is 36.8 Å². The Bertz CT molecular complexity index is 671. The predicted molar refractivity (Wildman–Crippen MR) is 82.2 cm³/mol. The lowest BCUT2D eigenvalue weighted by Gasteiger charge is -2.15. The molecule has 0 saturated carbocycles. The van der Waals surface area contributed by atoms with Crippen LogP contribution in [0.2, 0.25) is 0 Å². The lowest BCUT2D eigenvalue weighted by Crippen LogP contribution is -2.14. The highest BCUT2D eigenvalue weighted by molar-refractivity contribution is 6.01. The zero-order valence-electron chi connectivity index (χ0n) is 11.8. The van der Waals surface area contributed by atoms with Crippen LogP contribution < -0.4 is 26.3 Å². The number of anilines is 3. The van der Waals surface area contributed by atoms with E-state index in [0.717, 1.165) is 0 Å². The molecule has 0 heterocycles. The molecule has 0 aliphatic rings. The van der Waals surface area contributed by atoms with Gasteiger partial charge in [-0.25, -0.2) is 0 Å². The number of primary amides is 1. The summed E-state index contributed by atoms with van der Waals surface area (Å²) in [6.45, 7) is 0. The molecule has 0 saturated heterocycles. The quantitative estimate of drug-likeness (QED) is 0.731. The van der Waals surface area contributed by atoms with Crippen molar-refractivity contribution < 1.29 is 14.3 Å². The minimum Gasteiger partial charge on any atom is -0.497 e. The number of carbonyl (C=O) groups excluding carboxylic acids is 1.